The Morgan fingerprint density at radius 2 is 1.96 bits per heavy atom. The molecule has 0 saturated heterocycles. The summed E-state index contributed by atoms with van der Waals surface area (Å²) in [6.45, 7) is 3.33. The van der Waals surface area contributed by atoms with Gasteiger partial charge in [0.25, 0.3) is 11.7 Å². The SMILES string of the molecule is Cc1nn(C)c(C)c1C(=O)C(=O)Nc1nc(-c2cc(F)ccc2F)cs1. The Kier molecular flexibility index (Phi) is 4.64. The van der Waals surface area contributed by atoms with E-state index in [1.807, 2.05) is 0 Å². The Morgan fingerprint density at radius 3 is 2.62 bits per heavy atom. The van der Waals surface area contributed by atoms with E-state index in [0.717, 1.165) is 29.5 Å². The fraction of sp³-hybridized carbons (Fsp3) is 0.176. The standard InChI is InChI=1S/C17H14F2N4O2S/c1-8-14(9(2)23(3)22-8)15(24)16(25)21-17-20-13(7-26-17)11-6-10(18)4-5-12(11)19/h4-7H,1-3H3,(H,20,21,25). The van der Waals surface area contributed by atoms with Crippen molar-refractivity contribution in [3.8, 4) is 11.3 Å². The van der Waals surface area contributed by atoms with Gasteiger partial charge < -0.3 is 0 Å². The quantitative estimate of drug-likeness (QED) is 0.560. The number of amides is 1. The van der Waals surface area contributed by atoms with Gasteiger partial charge >= 0.3 is 0 Å². The summed E-state index contributed by atoms with van der Waals surface area (Å²) >= 11 is 1.01. The summed E-state index contributed by atoms with van der Waals surface area (Å²) in [6, 6.07) is 3.02. The highest BCUT2D eigenvalue weighted by Crippen LogP contribution is 2.27. The van der Waals surface area contributed by atoms with E-state index >= 15 is 0 Å². The lowest BCUT2D eigenvalue weighted by Crippen LogP contribution is -2.23. The number of aromatic nitrogens is 3. The molecule has 9 heteroatoms. The molecule has 0 unspecified atom stereocenters. The van der Waals surface area contributed by atoms with Gasteiger partial charge in [0.05, 0.1) is 17.0 Å². The molecule has 6 nitrogen and oxygen atoms in total. The highest BCUT2D eigenvalue weighted by atomic mass is 32.1. The van der Waals surface area contributed by atoms with Gasteiger partial charge in [-0.15, -0.1) is 11.3 Å². The van der Waals surface area contributed by atoms with Crippen molar-refractivity contribution in [2.24, 2.45) is 7.05 Å². The molecule has 0 aliphatic heterocycles. The second-order valence-electron chi connectivity index (χ2n) is 5.61. The molecule has 1 aromatic carbocycles. The fourth-order valence-corrected chi connectivity index (χ4v) is 3.22. The van der Waals surface area contributed by atoms with Gasteiger partial charge in [-0.2, -0.15) is 5.10 Å². The zero-order valence-electron chi connectivity index (χ0n) is 14.1. The number of rotatable bonds is 4. The molecule has 26 heavy (non-hydrogen) atoms. The van der Waals surface area contributed by atoms with Crippen molar-refractivity contribution in [1.82, 2.24) is 14.8 Å². The maximum absolute atomic E-state index is 13.8. The predicted molar refractivity (Wildman–Crippen MR) is 93.1 cm³/mol. The normalized spacial score (nSPS) is 10.8. The molecule has 0 atom stereocenters. The number of carbonyl (C=O) groups excluding carboxylic acids is 2. The summed E-state index contributed by atoms with van der Waals surface area (Å²) in [5.41, 5.74) is 1.41. The molecule has 0 aliphatic carbocycles. The van der Waals surface area contributed by atoms with E-state index in [4.69, 9.17) is 0 Å². The van der Waals surface area contributed by atoms with Crippen molar-refractivity contribution in [2.75, 3.05) is 5.32 Å². The number of Topliss-reactive ketones (excluding diaryl/α,β-unsaturated/α-hetero) is 1. The van der Waals surface area contributed by atoms with Crippen molar-refractivity contribution >= 4 is 28.2 Å². The Hall–Kier alpha value is -2.94. The summed E-state index contributed by atoms with van der Waals surface area (Å²) in [5.74, 6) is -2.84. The van der Waals surface area contributed by atoms with E-state index in [0.29, 0.717) is 11.4 Å². The molecule has 0 aliphatic rings. The Morgan fingerprint density at radius 1 is 1.23 bits per heavy atom. The molecule has 0 saturated carbocycles. The molecule has 0 bridgehead atoms. The lowest BCUT2D eigenvalue weighted by molar-refractivity contribution is -0.112. The van der Waals surface area contributed by atoms with Crippen molar-refractivity contribution in [1.29, 1.82) is 0 Å². The van der Waals surface area contributed by atoms with Gasteiger partial charge in [-0.1, -0.05) is 0 Å². The highest BCUT2D eigenvalue weighted by molar-refractivity contribution is 7.14. The third-order valence-electron chi connectivity index (χ3n) is 3.87. The minimum Gasteiger partial charge on any atom is -0.295 e. The van der Waals surface area contributed by atoms with E-state index in [9.17, 15) is 18.4 Å². The van der Waals surface area contributed by atoms with Crippen LogP contribution in [0.25, 0.3) is 11.3 Å². The summed E-state index contributed by atoms with van der Waals surface area (Å²) in [6.07, 6.45) is 0. The summed E-state index contributed by atoms with van der Waals surface area (Å²) in [4.78, 5) is 28.7. The van der Waals surface area contributed by atoms with Crippen LogP contribution in [0.1, 0.15) is 21.7 Å². The number of hydrogen-bond acceptors (Lipinski definition) is 5. The number of nitrogens with zero attached hydrogens (tertiary/aromatic N) is 3. The molecular weight excluding hydrogens is 362 g/mol. The van der Waals surface area contributed by atoms with Crippen molar-refractivity contribution in [3.63, 3.8) is 0 Å². The average molecular weight is 376 g/mol. The second-order valence-corrected chi connectivity index (χ2v) is 6.47. The average Bonchev–Trinajstić information content (AvgIpc) is 3.14. The second kappa shape index (κ2) is 6.75. The zero-order chi connectivity index (χ0) is 19.0. The van der Waals surface area contributed by atoms with Crippen molar-refractivity contribution < 1.29 is 18.4 Å². The first-order chi connectivity index (χ1) is 12.3. The number of ketones is 1. The predicted octanol–water partition coefficient (Wildman–Crippen LogP) is 3.26. The minimum absolute atomic E-state index is 0.0213. The lowest BCUT2D eigenvalue weighted by atomic mass is 10.1. The van der Waals surface area contributed by atoms with Gasteiger partial charge in [-0.3, -0.25) is 19.6 Å². The number of benzene rings is 1. The largest absolute Gasteiger partial charge is 0.298 e. The number of nitrogens with one attached hydrogen (secondary N) is 1. The van der Waals surface area contributed by atoms with Crippen LogP contribution in [0.4, 0.5) is 13.9 Å². The van der Waals surface area contributed by atoms with Gasteiger partial charge in [0, 0.05) is 23.7 Å². The van der Waals surface area contributed by atoms with Crippen LogP contribution in [0, 0.1) is 25.5 Å². The third kappa shape index (κ3) is 3.25. The number of carbonyl (C=O) groups is 2. The maximum Gasteiger partial charge on any atom is 0.298 e. The topological polar surface area (TPSA) is 76.9 Å². The van der Waals surface area contributed by atoms with Gasteiger partial charge in [-0.05, 0) is 32.0 Å². The number of hydrogen-bond donors (Lipinski definition) is 1. The Balaban J connectivity index is 1.82. The number of halogens is 2. The molecule has 1 N–H and O–H groups in total. The number of aryl methyl sites for hydroxylation is 2. The van der Waals surface area contributed by atoms with E-state index in [2.05, 4.69) is 15.4 Å². The van der Waals surface area contributed by atoms with Crippen molar-refractivity contribution in [3.05, 3.63) is 52.2 Å². The summed E-state index contributed by atoms with van der Waals surface area (Å²) in [5, 5.41) is 8.09. The van der Waals surface area contributed by atoms with Crippen LogP contribution in [0.3, 0.4) is 0 Å². The van der Waals surface area contributed by atoms with Crippen LogP contribution in [-0.4, -0.2) is 26.5 Å². The number of thiazole rings is 1. The Labute approximate surface area is 151 Å². The minimum atomic E-state index is -0.871. The van der Waals surface area contributed by atoms with Gasteiger partial charge in [0.2, 0.25) is 0 Å². The first-order valence-electron chi connectivity index (χ1n) is 7.54. The van der Waals surface area contributed by atoms with Crippen LogP contribution in [0.2, 0.25) is 0 Å². The molecule has 0 radical (unpaired) electrons. The van der Waals surface area contributed by atoms with E-state index < -0.39 is 23.3 Å². The van der Waals surface area contributed by atoms with Crippen molar-refractivity contribution in [2.45, 2.75) is 13.8 Å². The molecule has 0 spiro atoms. The third-order valence-corrected chi connectivity index (χ3v) is 4.63. The summed E-state index contributed by atoms with van der Waals surface area (Å²) in [7, 11) is 1.68. The van der Waals surface area contributed by atoms with Crippen LogP contribution in [0.5, 0.6) is 0 Å². The zero-order valence-corrected chi connectivity index (χ0v) is 14.9. The molecule has 1 amide bonds. The first kappa shape index (κ1) is 17.9. The maximum atomic E-state index is 13.8. The van der Waals surface area contributed by atoms with Crippen LogP contribution >= 0.6 is 11.3 Å². The smallest absolute Gasteiger partial charge is 0.295 e. The van der Waals surface area contributed by atoms with Gasteiger partial charge in [-0.25, -0.2) is 13.8 Å². The molecule has 3 aromatic rings. The molecule has 0 fully saturated rings. The lowest BCUT2D eigenvalue weighted by Gasteiger charge is -2.02. The fourth-order valence-electron chi connectivity index (χ4n) is 2.52. The molecule has 134 valence electrons. The monoisotopic (exact) mass is 376 g/mol. The van der Waals surface area contributed by atoms with Crippen LogP contribution < -0.4 is 5.32 Å². The van der Waals surface area contributed by atoms with E-state index in [1.54, 1.807) is 20.9 Å². The molecular formula is C17H14F2N4O2S. The summed E-state index contributed by atoms with van der Waals surface area (Å²) < 4.78 is 28.6. The molecule has 2 aromatic heterocycles. The van der Waals surface area contributed by atoms with Gasteiger partial charge in [0.1, 0.15) is 11.6 Å². The van der Waals surface area contributed by atoms with Gasteiger partial charge in [0.15, 0.2) is 5.13 Å². The van der Waals surface area contributed by atoms with Crippen LogP contribution in [0.15, 0.2) is 23.6 Å². The molecule has 3 rings (SSSR count). The Bertz CT molecular complexity index is 1030. The van der Waals surface area contributed by atoms with E-state index in [-0.39, 0.29) is 22.0 Å². The van der Waals surface area contributed by atoms with Crippen LogP contribution in [-0.2, 0) is 11.8 Å². The first-order valence-corrected chi connectivity index (χ1v) is 8.42. The van der Waals surface area contributed by atoms with E-state index in [1.165, 1.54) is 10.1 Å². The number of anilines is 1. The molecule has 2 heterocycles. The highest BCUT2D eigenvalue weighted by Gasteiger charge is 2.24.